The van der Waals surface area contributed by atoms with E-state index in [9.17, 15) is 9.59 Å². The molecule has 17 heavy (non-hydrogen) atoms. The molecule has 1 amide bonds. The molecule has 0 aliphatic rings. The van der Waals surface area contributed by atoms with Gasteiger partial charge in [0.05, 0.1) is 6.61 Å². The van der Waals surface area contributed by atoms with E-state index in [1.807, 2.05) is 0 Å². The Hall–Kier alpha value is -1.85. The van der Waals surface area contributed by atoms with E-state index in [1.54, 1.807) is 37.1 Å². The van der Waals surface area contributed by atoms with Crippen LogP contribution in [0.3, 0.4) is 0 Å². The van der Waals surface area contributed by atoms with Crippen molar-refractivity contribution >= 4 is 11.9 Å². The Morgan fingerprint density at radius 2 is 2.24 bits per heavy atom. The molecule has 0 N–H and O–H groups in total. The monoisotopic (exact) mass is 239 g/mol. The van der Waals surface area contributed by atoms with Crippen LogP contribution in [0.5, 0.6) is 0 Å². The van der Waals surface area contributed by atoms with E-state index in [4.69, 9.17) is 4.74 Å². The predicted octanol–water partition coefficient (Wildman–Crippen LogP) is 0.295. The molecule has 0 aliphatic carbocycles. The molecule has 0 aliphatic heterocycles. The van der Waals surface area contributed by atoms with Gasteiger partial charge in [-0.05, 0) is 13.0 Å². The maximum absolute atomic E-state index is 11.7. The number of carbonyl (C=O) groups is 2. The fourth-order valence-electron chi connectivity index (χ4n) is 1.32. The summed E-state index contributed by atoms with van der Waals surface area (Å²) in [5, 5.41) is 3.99. The molecule has 1 aromatic heterocycles. The predicted molar refractivity (Wildman–Crippen MR) is 61.1 cm³/mol. The smallest absolute Gasteiger partial charge is 0.325 e. The topological polar surface area (TPSA) is 64.4 Å². The second-order valence-electron chi connectivity index (χ2n) is 3.57. The highest BCUT2D eigenvalue weighted by atomic mass is 16.5. The Labute approximate surface area is 100 Å². The zero-order valence-electron chi connectivity index (χ0n) is 10.1. The van der Waals surface area contributed by atoms with E-state index < -0.39 is 0 Å². The highest BCUT2D eigenvalue weighted by molar-refractivity contribution is 5.81. The lowest BCUT2D eigenvalue weighted by atomic mass is 10.3. The van der Waals surface area contributed by atoms with Crippen LogP contribution >= 0.6 is 0 Å². The molecule has 0 radical (unpaired) electrons. The fraction of sp³-hybridized carbons (Fsp3) is 0.545. The quantitative estimate of drug-likeness (QED) is 0.669. The molecule has 6 nitrogen and oxygen atoms in total. The number of likely N-dealkylation sites (N-methyl/N-ethyl adjacent to an activating group) is 1. The summed E-state index contributed by atoms with van der Waals surface area (Å²) in [6.45, 7) is 2.57. The Balaban J connectivity index is 2.29. The summed E-state index contributed by atoms with van der Waals surface area (Å²) >= 11 is 0. The van der Waals surface area contributed by atoms with Crippen molar-refractivity contribution in [1.82, 2.24) is 14.7 Å². The third kappa shape index (κ3) is 4.67. The summed E-state index contributed by atoms with van der Waals surface area (Å²) in [4.78, 5) is 24.2. The fourth-order valence-corrected chi connectivity index (χ4v) is 1.32. The Kier molecular flexibility index (Phi) is 5.19. The molecule has 0 spiro atoms. The first-order chi connectivity index (χ1) is 8.13. The zero-order chi connectivity index (χ0) is 12.7. The lowest BCUT2D eigenvalue weighted by molar-refractivity contribution is -0.148. The molecular formula is C11H17N3O3. The number of hydrogen-bond acceptors (Lipinski definition) is 4. The highest BCUT2D eigenvalue weighted by Gasteiger charge is 2.13. The summed E-state index contributed by atoms with van der Waals surface area (Å²) < 4.78 is 6.44. The van der Waals surface area contributed by atoms with Crippen LogP contribution in [-0.2, 0) is 20.9 Å². The largest absolute Gasteiger partial charge is 0.465 e. The summed E-state index contributed by atoms with van der Waals surface area (Å²) in [7, 11) is 1.59. The van der Waals surface area contributed by atoms with E-state index in [1.165, 1.54) is 4.90 Å². The van der Waals surface area contributed by atoms with Crippen LogP contribution in [0.25, 0.3) is 0 Å². The Morgan fingerprint density at radius 1 is 1.47 bits per heavy atom. The molecule has 0 fully saturated rings. The lowest BCUT2D eigenvalue weighted by Gasteiger charge is -2.15. The van der Waals surface area contributed by atoms with Gasteiger partial charge in [-0.3, -0.25) is 14.3 Å². The van der Waals surface area contributed by atoms with Crippen molar-refractivity contribution in [3.05, 3.63) is 18.5 Å². The molecular weight excluding hydrogens is 222 g/mol. The molecule has 0 atom stereocenters. The van der Waals surface area contributed by atoms with E-state index in [0.29, 0.717) is 19.6 Å². The van der Waals surface area contributed by atoms with Crippen molar-refractivity contribution < 1.29 is 14.3 Å². The number of aryl methyl sites for hydroxylation is 1. The van der Waals surface area contributed by atoms with Gasteiger partial charge in [-0.15, -0.1) is 0 Å². The van der Waals surface area contributed by atoms with E-state index in [-0.39, 0.29) is 18.4 Å². The molecule has 1 rings (SSSR count). The SMILES string of the molecule is CCOC(=O)CN(C)C(=O)CCn1cccn1. The van der Waals surface area contributed by atoms with Crippen LogP contribution < -0.4 is 0 Å². The van der Waals surface area contributed by atoms with Crippen molar-refractivity contribution in [3.63, 3.8) is 0 Å². The second kappa shape index (κ2) is 6.67. The first-order valence-corrected chi connectivity index (χ1v) is 5.50. The first kappa shape index (κ1) is 13.2. The van der Waals surface area contributed by atoms with Gasteiger partial charge in [0.2, 0.25) is 5.91 Å². The molecule has 0 saturated carbocycles. The van der Waals surface area contributed by atoms with Gasteiger partial charge >= 0.3 is 5.97 Å². The van der Waals surface area contributed by atoms with Gasteiger partial charge in [0, 0.05) is 32.4 Å². The van der Waals surface area contributed by atoms with Gasteiger partial charge in [0.1, 0.15) is 6.54 Å². The van der Waals surface area contributed by atoms with E-state index in [2.05, 4.69) is 5.10 Å². The molecule has 94 valence electrons. The molecule has 6 heteroatoms. The van der Waals surface area contributed by atoms with Crippen molar-refractivity contribution in [2.24, 2.45) is 0 Å². The van der Waals surface area contributed by atoms with Crippen molar-refractivity contribution in [3.8, 4) is 0 Å². The molecule has 0 bridgehead atoms. The van der Waals surface area contributed by atoms with Gasteiger partial charge in [-0.25, -0.2) is 0 Å². The minimum atomic E-state index is -0.387. The van der Waals surface area contributed by atoms with Crippen LogP contribution in [0, 0.1) is 0 Å². The maximum Gasteiger partial charge on any atom is 0.325 e. The van der Waals surface area contributed by atoms with Crippen LogP contribution in [0.2, 0.25) is 0 Å². The van der Waals surface area contributed by atoms with Crippen molar-refractivity contribution in [2.75, 3.05) is 20.2 Å². The zero-order valence-corrected chi connectivity index (χ0v) is 10.1. The minimum absolute atomic E-state index is 0.00815. The van der Waals surface area contributed by atoms with Crippen molar-refractivity contribution in [2.45, 2.75) is 19.9 Å². The summed E-state index contributed by atoms with van der Waals surface area (Å²) in [6, 6.07) is 1.80. The number of hydrogen-bond donors (Lipinski definition) is 0. The first-order valence-electron chi connectivity index (χ1n) is 5.50. The minimum Gasteiger partial charge on any atom is -0.465 e. The van der Waals surface area contributed by atoms with Crippen LogP contribution in [0.4, 0.5) is 0 Å². The third-order valence-electron chi connectivity index (χ3n) is 2.21. The molecule has 0 unspecified atom stereocenters. The van der Waals surface area contributed by atoms with Gasteiger partial charge in [0.15, 0.2) is 0 Å². The second-order valence-corrected chi connectivity index (χ2v) is 3.57. The number of ether oxygens (including phenoxy) is 1. The molecule has 0 aromatic carbocycles. The van der Waals surface area contributed by atoms with Gasteiger partial charge < -0.3 is 9.64 Å². The average molecular weight is 239 g/mol. The summed E-state index contributed by atoms with van der Waals surface area (Å²) in [6.07, 6.45) is 3.77. The number of aromatic nitrogens is 2. The van der Waals surface area contributed by atoms with Crippen LogP contribution in [0.15, 0.2) is 18.5 Å². The average Bonchev–Trinajstić information content (AvgIpc) is 2.78. The van der Waals surface area contributed by atoms with Gasteiger partial charge in [-0.1, -0.05) is 0 Å². The van der Waals surface area contributed by atoms with Crippen molar-refractivity contribution in [1.29, 1.82) is 0 Å². The van der Waals surface area contributed by atoms with Crippen LogP contribution in [-0.4, -0.2) is 46.8 Å². The number of nitrogens with zero attached hydrogens (tertiary/aromatic N) is 3. The standard InChI is InChI=1S/C11H17N3O3/c1-3-17-11(16)9-13(2)10(15)5-8-14-7-4-6-12-14/h4,6-7H,3,5,8-9H2,1-2H3. The summed E-state index contributed by atoms with van der Waals surface area (Å²) in [5.41, 5.74) is 0. The molecule has 0 saturated heterocycles. The number of esters is 1. The van der Waals surface area contributed by atoms with E-state index >= 15 is 0 Å². The lowest BCUT2D eigenvalue weighted by Crippen LogP contribution is -2.33. The van der Waals surface area contributed by atoms with Gasteiger partial charge in [0.25, 0.3) is 0 Å². The number of carbonyl (C=O) groups excluding carboxylic acids is 2. The normalized spacial score (nSPS) is 10.0. The maximum atomic E-state index is 11.7. The molecule has 1 heterocycles. The van der Waals surface area contributed by atoms with Gasteiger partial charge in [-0.2, -0.15) is 5.10 Å². The third-order valence-corrected chi connectivity index (χ3v) is 2.21. The number of rotatable bonds is 6. The summed E-state index contributed by atoms with van der Waals surface area (Å²) in [5.74, 6) is -0.490. The number of amides is 1. The van der Waals surface area contributed by atoms with Crippen LogP contribution in [0.1, 0.15) is 13.3 Å². The highest BCUT2D eigenvalue weighted by Crippen LogP contribution is 1.95. The molecule has 1 aromatic rings. The Bertz CT molecular complexity index is 362. The van der Waals surface area contributed by atoms with E-state index in [0.717, 1.165) is 0 Å². The Morgan fingerprint density at radius 3 is 2.82 bits per heavy atom.